The van der Waals surface area contributed by atoms with Crippen molar-refractivity contribution in [3.8, 4) is 0 Å². The molecule has 1 heterocycles. The Labute approximate surface area is 103 Å². The molecule has 0 unspecified atom stereocenters. The Morgan fingerprint density at radius 1 is 1.29 bits per heavy atom. The molecule has 1 rings (SSSR count). The predicted molar refractivity (Wildman–Crippen MR) is 66.6 cm³/mol. The van der Waals surface area contributed by atoms with Crippen LogP contribution in [-0.4, -0.2) is 60.9 Å². The van der Waals surface area contributed by atoms with E-state index in [1.807, 2.05) is 13.8 Å². The average Bonchev–Trinajstić information content (AvgIpc) is 2.83. The zero-order chi connectivity index (χ0) is 12.8. The molecule has 1 atom stereocenters. The molecular weight excluding hydrogens is 218 g/mol. The van der Waals surface area contributed by atoms with E-state index in [0.717, 1.165) is 19.4 Å². The van der Waals surface area contributed by atoms with Crippen LogP contribution in [-0.2, 0) is 9.59 Å². The molecule has 0 bridgehead atoms. The highest BCUT2D eigenvalue weighted by atomic mass is 16.2. The molecule has 0 aromatic heterocycles. The lowest BCUT2D eigenvalue weighted by Crippen LogP contribution is -2.46. The van der Waals surface area contributed by atoms with E-state index < -0.39 is 0 Å². The second kappa shape index (κ2) is 6.59. The molecule has 17 heavy (non-hydrogen) atoms. The Kier molecular flexibility index (Phi) is 5.41. The van der Waals surface area contributed by atoms with Crippen molar-refractivity contribution in [2.45, 2.75) is 32.7 Å². The smallest absolute Gasteiger partial charge is 0.242 e. The Morgan fingerprint density at radius 2 is 1.94 bits per heavy atom. The molecule has 1 saturated heterocycles. The number of carbonyl (C=O) groups is 2. The molecule has 0 aromatic carbocycles. The molecule has 1 aliphatic heterocycles. The van der Waals surface area contributed by atoms with Crippen LogP contribution in [0.2, 0.25) is 0 Å². The summed E-state index contributed by atoms with van der Waals surface area (Å²) in [5, 5.41) is 3.15. The fraction of sp³-hybridized carbons (Fsp3) is 0.833. The summed E-state index contributed by atoms with van der Waals surface area (Å²) in [6.07, 6.45) is 1.91. The maximum atomic E-state index is 12.0. The van der Waals surface area contributed by atoms with Crippen LogP contribution in [0.15, 0.2) is 0 Å². The topological polar surface area (TPSA) is 52.7 Å². The van der Waals surface area contributed by atoms with E-state index in [2.05, 4.69) is 5.32 Å². The summed E-state index contributed by atoms with van der Waals surface area (Å²) in [4.78, 5) is 27.1. The summed E-state index contributed by atoms with van der Waals surface area (Å²) in [6.45, 7) is 6.36. The van der Waals surface area contributed by atoms with Crippen molar-refractivity contribution in [3.63, 3.8) is 0 Å². The van der Waals surface area contributed by atoms with Crippen molar-refractivity contribution < 1.29 is 9.59 Å². The van der Waals surface area contributed by atoms with Crippen molar-refractivity contribution in [2.24, 2.45) is 0 Å². The van der Waals surface area contributed by atoms with Crippen molar-refractivity contribution in [2.75, 3.05) is 33.2 Å². The number of hydrogen-bond acceptors (Lipinski definition) is 3. The number of hydrogen-bond donors (Lipinski definition) is 1. The van der Waals surface area contributed by atoms with E-state index in [-0.39, 0.29) is 24.4 Å². The Bertz CT molecular complexity index is 271. The van der Waals surface area contributed by atoms with Gasteiger partial charge in [-0.2, -0.15) is 0 Å². The van der Waals surface area contributed by atoms with Gasteiger partial charge >= 0.3 is 0 Å². The molecule has 2 amide bonds. The van der Waals surface area contributed by atoms with Crippen molar-refractivity contribution in [1.29, 1.82) is 0 Å². The zero-order valence-corrected chi connectivity index (χ0v) is 11.0. The van der Waals surface area contributed by atoms with Gasteiger partial charge in [0, 0.05) is 20.1 Å². The first-order valence-electron chi connectivity index (χ1n) is 6.36. The highest BCUT2D eigenvalue weighted by molar-refractivity contribution is 5.87. The molecule has 5 nitrogen and oxygen atoms in total. The van der Waals surface area contributed by atoms with E-state index in [1.165, 1.54) is 4.90 Å². The van der Waals surface area contributed by atoms with Gasteiger partial charge in [0.25, 0.3) is 0 Å². The van der Waals surface area contributed by atoms with E-state index in [9.17, 15) is 9.59 Å². The van der Waals surface area contributed by atoms with Crippen LogP contribution in [0.4, 0.5) is 0 Å². The van der Waals surface area contributed by atoms with E-state index in [4.69, 9.17) is 0 Å². The third kappa shape index (κ3) is 3.70. The maximum Gasteiger partial charge on any atom is 0.242 e. The molecule has 5 heteroatoms. The third-order valence-electron chi connectivity index (χ3n) is 3.22. The summed E-state index contributed by atoms with van der Waals surface area (Å²) in [5.74, 6) is 0.0480. The number of likely N-dealkylation sites (N-methyl/N-ethyl adjacent to an activating group) is 2. The number of rotatable bonds is 5. The van der Waals surface area contributed by atoms with Gasteiger partial charge in [0.1, 0.15) is 0 Å². The quantitative estimate of drug-likeness (QED) is 0.741. The number of carbonyl (C=O) groups excluding carboxylic acids is 2. The van der Waals surface area contributed by atoms with Gasteiger partial charge in [-0.3, -0.25) is 9.59 Å². The molecular formula is C12H23N3O2. The molecule has 0 aliphatic carbocycles. The highest BCUT2D eigenvalue weighted by Gasteiger charge is 2.26. The maximum absolute atomic E-state index is 12.0. The first-order valence-corrected chi connectivity index (χ1v) is 6.36. The number of amides is 2. The lowest BCUT2D eigenvalue weighted by molar-refractivity contribution is -0.140. The Balaban J connectivity index is 2.44. The molecule has 0 aromatic rings. The van der Waals surface area contributed by atoms with Crippen LogP contribution in [0, 0.1) is 0 Å². The van der Waals surface area contributed by atoms with Gasteiger partial charge in [0.2, 0.25) is 11.8 Å². The van der Waals surface area contributed by atoms with E-state index in [1.54, 1.807) is 11.9 Å². The van der Waals surface area contributed by atoms with Crippen molar-refractivity contribution in [3.05, 3.63) is 0 Å². The first-order chi connectivity index (χ1) is 8.10. The van der Waals surface area contributed by atoms with Crippen LogP contribution < -0.4 is 5.32 Å². The monoisotopic (exact) mass is 241 g/mol. The van der Waals surface area contributed by atoms with Gasteiger partial charge in [0.15, 0.2) is 0 Å². The van der Waals surface area contributed by atoms with Gasteiger partial charge in [-0.05, 0) is 33.2 Å². The van der Waals surface area contributed by atoms with Crippen LogP contribution >= 0.6 is 0 Å². The molecule has 98 valence electrons. The molecule has 0 saturated carbocycles. The number of nitrogens with zero attached hydrogens (tertiary/aromatic N) is 2. The fourth-order valence-electron chi connectivity index (χ4n) is 2.12. The fourth-order valence-corrected chi connectivity index (χ4v) is 2.12. The molecule has 1 aliphatic rings. The summed E-state index contributed by atoms with van der Waals surface area (Å²) in [5.41, 5.74) is 0. The normalized spacial score (nSPS) is 19.1. The van der Waals surface area contributed by atoms with Crippen LogP contribution in [0.3, 0.4) is 0 Å². The highest BCUT2D eigenvalue weighted by Crippen LogP contribution is 2.07. The van der Waals surface area contributed by atoms with E-state index >= 15 is 0 Å². The second-order valence-electron chi connectivity index (χ2n) is 4.41. The standard InChI is InChI=1S/C12H23N3O2/c1-4-15(5-2)11(16)9-14(3)12(17)10-7-6-8-13-10/h10,13H,4-9H2,1-3H3/t10-/m0/s1. The lowest BCUT2D eigenvalue weighted by atomic mass is 10.2. The average molecular weight is 241 g/mol. The first kappa shape index (κ1) is 14.0. The zero-order valence-electron chi connectivity index (χ0n) is 11.0. The minimum absolute atomic E-state index is 0.0175. The Morgan fingerprint density at radius 3 is 2.41 bits per heavy atom. The van der Waals surface area contributed by atoms with Gasteiger partial charge < -0.3 is 15.1 Å². The van der Waals surface area contributed by atoms with Crippen LogP contribution in [0.25, 0.3) is 0 Å². The molecule has 0 radical (unpaired) electrons. The van der Waals surface area contributed by atoms with Gasteiger partial charge in [-0.1, -0.05) is 0 Å². The molecule has 1 N–H and O–H groups in total. The summed E-state index contributed by atoms with van der Waals surface area (Å²) < 4.78 is 0. The van der Waals surface area contributed by atoms with Crippen molar-refractivity contribution >= 4 is 11.8 Å². The van der Waals surface area contributed by atoms with Crippen molar-refractivity contribution in [1.82, 2.24) is 15.1 Å². The minimum atomic E-state index is -0.0931. The van der Waals surface area contributed by atoms with Crippen LogP contribution in [0.1, 0.15) is 26.7 Å². The minimum Gasteiger partial charge on any atom is -0.342 e. The lowest BCUT2D eigenvalue weighted by Gasteiger charge is -2.25. The SMILES string of the molecule is CCN(CC)C(=O)CN(C)C(=O)[C@@H]1CCCN1. The third-order valence-corrected chi connectivity index (χ3v) is 3.22. The van der Waals surface area contributed by atoms with Crippen LogP contribution in [0.5, 0.6) is 0 Å². The molecule has 0 spiro atoms. The number of nitrogens with one attached hydrogen (secondary N) is 1. The van der Waals surface area contributed by atoms with Gasteiger partial charge in [-0.15, -0.1) is 0 Å². The summed E-state index contributed by atoms with van der Waals surface area (Å²) in [7, 11) is 1.70. The largest absolute Gasteiger partial charge is 0.342 e. The summed E-state index contributed by atoms with van der Waals surface area (Å²) in [6, 6.07) is -0.0931. The molecule has 1 fully saturated rings. The van der Waals surface area contributed by atoms with Gasteiger partial charge in [-0.25, -0.2) is 0 Å². The van der Waals surface area contributed by atoms with Gasteiger partial charge in [0.05, 0.1) is 12.6 Å². The Hall–Kier alpha value is -1.10. The van der Waals surface area contributed by atoms with E-state index in [0.29, 0.717) is 13.1 Å². The predicted octanol–water partition coefficient (Wildman–Crippen LogP) is 0.0652. The summed E-state index contributed by atoms with van der Waals surface area (Å²) >= 11 is 0. The second-order valence-corrected chi connectivity index (χ2v) is 4.41.